The van der Waals surface area contributed by atoms with Gasteiger partial charge in [0.15, 0.2) is 0 Å². The summed E-state index contributed by atoms with van der Waals surface area (Å²) in [5.41, 5.74) is 0.997. The van der Waals surface area contributed by atoms with Gasteiger partial charge < -0.3 is 14.7 Å². The molecule has 0 spiro atoms. The fourth-order valence-corrected chi connectivity index (χ4v) is 2.33. The molecule has 0 radical (unpaired) electrons. The van der Waals surface area contributed by atoms with Crippen molar-refractivity contribution in [2.75, 3.05) is 20.2 Å². The highest BCUT2D eigenvalue weighted by atomic mass is 16.5. The molecule has 1 heterocycles. The molecule has 16 heavy (non-hydrogen) atoms. The first kappa shape index (κ1) is 11.3. The highest BCUT2D eigenvalue weighted by molar-refractivity contribution is 5.38. The lowest BCUT2D eigenvalue weighted by atomic mass is 10.1. The second-order valence-corrected chi connectivity index (χ2v) is 4.48. The molecule has 3 nitrogen and oxygen atoms in total. The molecule has 3 heteroatoms. The first-order valence-corrected chi connectivity index (χ1v) is 5.99. The summed E-state index contributed by atoms with van der Waals surface area (Å²) in [6.45, 7) is 3.34. The predicted molar refractivity (Wildman–Crippen MR) is 62.9 cm³/mol. The molecule has 1 aromatic carbocycles. The highest BCUT2D eigenvalue weighted by Gasteiger charge is 2.16. The number of phenolic OH excluding ortho intramolecular Hbond substituents is 1. The molecule has 0 amide bonds. The lowest BCUT2D eigenvalue weighted by Gasteiger charge is -2.23. The Bertz CT molecular complexity index is 346. The quantitative estimate of drug-likeness (QED) is 0.799. The minimum Gasteiger partial charge on any atom is -0.507 e. The number of benzene rings is 1. The molecule has 0 saturated carbocycles. The van der Waals surface area contributed by atoms with E-state index in [0.717, 1.165) is 17.9 Å². The van der Waals surface area contributed by atoms with Gasteiger partial charge in [0.1, 0.15) is 18.0 Å². The van der Waals surface area contributed by atoms with E-state index in [1.165, 1.54) is 32.4 Å². The summed E-state index contributed by atoms with van der Waals surface area (Å²) < 4.78 is 5.18. The van der Waals surface area contributed by atoms with Crippen molar-refractivity contribution in [3.05, 3.63) is 23.8 Å². The van der Waals surface area contributed by atoms with Crippen molar-refractivity contribution in [3.8, 4) is 11.5 Å². The van der Waals surface area contributed by atoms with Gasteiger partial charge in [-0.25, -0.2) is 0 Å². The molecule has 1 aliphatic heterocycles. The Morgan fingerprint density at radius 3 is 2.69 bits per heavy atom. The smallest absolute Gasteiger partial charge is 0.124 e. The number of likely N-dealkylation sites (tertiary alicyclic amines) is 1. The number of hydrogen-bond acceptors (Lipinski definition) is 2. The maximum Gasteiger partial charge on any atom is 0.124 e. The molecule has 1 aromatic rings. The van der Waals surface area contributed by atoms with Crippen molar-refractivity contribution in [2.45, 2.75) is 25.8 Å². The molecule has 0 atom stereocenters. The second-order valence-electron chi connectivity index (χ2n) is 4.48. The predicted octanol–water partition coefficient (Wildman–Crippen LogP) is 0.970. The number of nitrogens with one attached hydrogen (secondary N) is 1. The Balaban J connectivity index is 2.06. The number of hydrogen-bond donors (Lipinski definition) is 2. The Morgan fingerprint density at radius 1 is 1.25 bits per heavy atom. The molecular weight excluding hydrogens is 202 g/mol. The van der Waals surface area contributed by atoms with Crippen LogP contribution in [-0.2, 0) is 6.54 Å². The van der Waals surface area contributed by atoms with E-state index in [9.17, 15) is 5.11 Å². The largest absolute Gasteiger partial charge is 0.507 e. The van der Waals surface area contributed by atoms with Gasteiger partial charge in [-0.1, -0.05) is 0 Å². The maximum atomic E-state index is 9.79. The highest BCUT2D eigenvalue weighted by Crippen LogP contribution is 2.22. The first-order valence-electron chi connectivity index (χ1n) is 5.99. The van der Waals surface area contributed by atoms with Gasteiger partial charge >= 0.3 is 0 Å². The van der Waals surface area contributed by atoms with Gasteiger partial charge in [-0.2, -0.15) is 0 Å². The van der Waals surface area contributed by atoms with Gasteiger partial charge in [0.2, 0.25) is 0 Å². The van der Waals surface area contributed by atoms with E-state index in [-0.39, 0.29) is 0 Å². The van der Waals surface area contributed by atoms with Gasteiger partial charge in [-0.3, -0.25) is 0 Å². The Morgan fingerprint density at radius 2 is 2.00 bits per heavy atom. The molecule has 88 valence electrons. The van der Waals surface area contributed by atoms with Gasteiger partial charge in [0, 0.05) is 0 Å². The topological polar surface area (TPSA) is 33.9 Å². The number of methoxy groups -OCH3 is 1. The third kappa shape index (κ3) is 2.67. The van der Waals surface area contributed by atoms with Crippen molar-refractivity contribution < 1.29 is 14.7 Å². The average Bonchev–Trinajstić information content (AvgIpc) is 2.33. The van der Waals surface area contributed by atoms with Crippen LogP contribution in [0.2, 0.25) is 0 Å². The molecule has 0 aliphatic carbocycles. The average molecular weight is 222 g/mol. The molecule has 2 rings (SSSR count). The van der Waals surface area contributed by atoms with Crippen LogP contribution in [0.25, 0.3) is 0 Å². The van der Waals surface area contributed by atoms with Crippen molar-refractivity contribution in [1.29, 1.82) is 0 Å². The molecular formula is C13H20NO2+. The Kier molecular flexibility index (Phi) is 3.67. The van der Waals surface area contributed by atoms with E-state index in [2.05, 4.69) is 0 Å². The Labute approximate surface area is 96.6 Å². The maximum absolute atomic E-state index is 9.79. The molecule has 0 bridgehead atoms. The van der Waals surface area contributed by atoms with E-state index in [1.54, 1.807) is 24.1 Å². The fourth-order valence-electron chi connectivity index (χ4n) is 2.33. The lowest BCUT2D eigenvalue weighted by Crippen LogP contribution is -3.11. The number of phenols is 1. The zero-order valence-corrected chi connectivity index (χ0v) is 9.83. The summed E-state index contributed by atoms with van der Waals surface area (Å²) in [7, 11) is 1.66. The Hall–Kier alpha value is -1.22. The number of piperidine rings is 1. The SMILES string of the molecule is COc1ccc(O)c(C[NH+]2CCCCC2)c1. The third-order valence-electron chi connectivity index (χ3n) is 3.29. The van der Waals surface area contributed by atoms with Crippen molar-refractivity contribution in [2.24, 2.45) is 0 Å². The summed E-state index contributed by atoms with van der Waals surface area (Å²) in [5.74, 6) is 1.21. The van der Waals surface area contributed by atoms with Gasteiger partial charge in [-0.15, -0.1) is 0 Å². The van der Waals surface area contributed by atoms with Crippen molar-refractivity contribution in [3.63, 3.8) is 0 Å². The molecule has 1 saturated heterocycles. The number of rotatable bonds is 3. The van der Waals surface area contributed by atoms with Gasteiger partial charge in [0.05, 0.1) is 25.8 Å². The van der Waals surface area contributed by atoms with Crippen LogP contribution in [0.15, 0.2) is 18.2 Å². The summed E-state index contributed by atoms with van der Waals surface area (Å²) in [4.78, 5) is 1.56. The molecule has 0 unspecified atom stereocenters. The van der Waals surface area contributed by atoms with E-state index in [0.29, 0.717) is 5.75 Å². The van der Waals surface area contributed by atoms with Crippen LogP contribution in [0, 0.1) is 0 Å². The van der Waals surface area contributed by atoms with Gasteiger partial charge in [0.25, 0.3) is 0 Å². The summed E-state index contributed by atoms with van der Waals surface area (Å²) in [6, 6.07) is 5.46. The molecule has 1 fully saturated rings. The summed E-state index contributed by atoms with van der Waals surface area (Å²) in [5, 5.41) is 9.79. The number of ether oxygens (including phenoxy) is 1. The van der Waals surface area contributed by atoms with Crippen molar-refractivity contribution in [1.82, 2.24) is 0 Å². The van der Waals surface area contributed by atoms with Crippen LogP contribution in [0.3, 0.4) is 0 Å². The van der Waals surface area contributed by atoms with Crippen LogP contribution in [-0.4, -0.2) is 25.3 Å². The van der Waals surface area contributed by atoms with E-state index < -0.39 is 0 Å². The van der Waals surface area contributed by atoms with Crippen LogP contribution in [0.4, 0.5) is 0 Å². The van der Waals surface area contributed by atoms with Crippen LogP contribution < -0.4 is 9.64 Å². The zero-order chi connectivity index (χ0) is 11.4. The van der Waals surface area contributed by atoms with E-state index in [1.807, 2.05) is 6.07 Å². The standard InChI is InChI=1S/C13H19NO2/c1-16-12-5-6-13(15)11(9-12)10-14-7-3-2-4-8-14/h5-6,9,15H,2-4,7-8,10H2,1H3/p+1. The minimum absolute atomic E-state index is 0.388. The van der Waals surface area contributed by atoms with Crippen LogP contribution in [0.1, 0.15) is 24.8 Å². The molecule has 1 aliphatic rings. The normalized spacial score (nSPS) is 17.3. The first-order chi connectivity index (χ1) is 7.79. The molecule has 2 N–H and O–H groups in total. The minimum atomic E-state index is 0.388. The summed E-state index contributed by atoms with van der Waals surface area (Å²) >= 11 is 0. The third-order valence-corrected chi connectivity index (χ3v) is 3.29. The van der Waals surface area contributed by atoms with Gasteiger partial charge in [-0.05, 0) is 37.5 Å². The van der Waals surface area contributed by atoms with Crippen molar-refractivity contribution >= 4 is 0 Å². The zero-order valence-electron chi connectivity index (χ0n) is 9.83. The fraction of sp³-hybridized carbons (Fsp3) is 0.538. The van der Waals surface area contributed by atoms with E-state index in [4.69, 9.17) is 4.74 Å². The van der Waals surface area contributed by atoms with Crippen LogP contribution >= 0.6 is 0 Å². The number of aromatic hydroxyl groups is 1. The molecule has 0 aromatic heterocycles. The van der Waals surface area contributed by atoms with E-state index >= 15 is 0 Å². The second kappa shape index (κ2) is 5.21. The summed E-state index contributed by atoms with van der Waals surface area (Å²) in [6.07, 6.45) is 3.97. The van der Waals surface area contributed by atoms with Crippen LogP contribution in [0.5, 0.6) is 11.5 Å². The lowest BCUT2D eigenvalue weighted by molar-refractivity contribution is -0.918. The number of quaternary nitrogens is 1. The monoisotopic (exact) mass is 222 g/mol.